The predicted octanol–water partition coefficient (Wildman–Crippen LogP) is 3.59. The van der Waals surface area contributed by atoms with Crippen molar-refractivity contribution in [2.45, 2.75) is 39.4 Å². The number of carbonyl (C=O) groups is 2. The zero-order valence-electron chi connectivity index (χ0n) is 16.9. The molecule has 1 aromatic carbocycles. The number of anilines is 1. The van der Waals surface area contributed by atoms with Gasteiger partial charge >= 0.3 is 0 Å². The van der Waals surface area contributed by atoms with E-state index < -0.39 is 0 Å². The van der Waals surface area contributed by atoms with Crippen LogP contribution in [0.3, 0.4) is 0 Å². The van der Waals surface area contributed by atoms with Crippen LogP contribution in [0.25, 0.3) is 0 Å². The fourth-order valence-electron chi connectivity index (χ4n) is 2.63. The molecule has 1 heterocycles. The number of carbonyl (C=O) groups excluding carboxylic acids is 2. The summed E-state index contributed by atoms with van der Waals surface area (Å²) in [6, 6.07) is 6.98. The van der Waals surface area contributed by atoms with Crippen LogP contribution in [0.4, 0.5) is 5.69 Å². The first-order chi connectivity index (χ1) is 12.7. The van der Waals surface area contributed by atoms with Crippen molar-refractivity contribution in [1.82, 2.24) is 14.5 Å². The van der Waals surface area contributed by atoms with E-state index in [4.69, 9.17) is 0 Å². The molecule has 0 aliphatic heterocycles. The van der Waals surface area contributed by atoms with Gasteiger partial charge in [0.15, 0.2) is 5.16 Å². The van der Waals surface area contributed by atoms with Gasteiger partial charge in [-0.2, -0.15) is 0 Å². The maximum atomic E-state index is 12.4. The Labute approximate surface area is 165 Å². The molecule has 0 fully saturated rings. The summed E-state index contributed by atoms with van der Waals surface area (Å²) in [4.78, 5) is 30.5. The third-order valence-electron chi connectivity index (χ3n) is 4.10. The highest BCUT2D eigenvalue weighted by atomic mass is 32.2. The highest BCUT2D eigenvalue weighted by molar-refractivity contribution is 7.99. The van der Waals surface area contributed by atoms with Crippen LogP contribution in [-0.4, -0.2) is 46.1 Å². The Bertz CT molecular complexity index is 827. The second-order valence-corrected chi connectivity index (χ2v) is 8.13. The number of hydrogen-bond acceptors (Lipinski definition) is 4. The number of nitrogens with one attached hydrogen (secondary N) is 1. The monoisotopic (exact) mass is 388 g/mol. The van der Waals surface area contributed by atoms with E-state index in [0.29, 0.717) is 17.2 Å². The zero-order chi connectivity index (χ0) is 20.1. The Hall–Kier alpha value is -2.28. The quantitative estimate of drug-likeness (QED) is 0.736. The second-order valence-electron chi connectivity index (χ2n) is 7.19. The highest BCUT2D eigenvalue weighted by Gasteiger charge is 2.15. The summed E-state index contributed by atoms with van der Waals surface area (Å²) in [5.41, 5.74) is 3.30. The van der Waals surface area contributed by atoms with Crippen LogP contribution in [0.1, 0.15) is 35.6 Å². The molecule has 0 saturated carbocycles. The lowest BCUT2D eigenvalue weighted by molar-refractivity contribution is -0.113. The number of benzene rings is 1. The molecular weight excluding hydrogens is 360 g/mol. The van der Waals surface area contributed by atoms with Crippen LogP contribution < -0.4 is 5.32 Å². The molecule has 1 aromatic heterocycles. The first-order valence-corrected chi connectivity index (χ1v) is 9.95. The molecule has 0 radical (unpaired) electrons. The van der Waals surface area contributed by atoms with Crippen molar-refractivity contribution in [2.24, 2.45) is 5.92 Å². The summed E-state index contributed by atoms with van der Waals surface area (Å²) in [5.74, 6) is 0.549. The summed E-state index contributed by atoms with van der Waals surface area (Å²) in [6.45, 7) is 9.26. The number of aromatic nitrogens is 2. The molecule has 0 unspecified atom stereocenters. The Morgan fingerprint density at radius 2 is 1.96 bits per heavy atom. The van der Waals surface area contributed by atoms with Crippen molar-refractivity contribution in [3.05, 3.63) is 41.2 Å². The molecular formula is C20H28N4O2S. The van der Waals surface area contributed by atoms with Crippen molar-refractivity contribution >= 4 is 29.3 Å². The fraction of sp³-hybridized carbons (Fsp3) is 0.450. The van der Waals surface area contributed by atoms with Gasteiger partial charge in [-0.05, 0) is 38.0 Å². The SMILES string of the molecule is Cc1nc(SCC(=O)Nc2cccc(C(=O)N(C)C)c2)n(CC(C)C)c1C. The highest BCUT2D eigenvalue weighted by Crippen LogP contribution is 2.23. The molecule has 27 heavy (non-hydrogen) atoms. The number of thioether (sulfide) groups is 1. The summed E-state index contributed by atoms with van der Waals surface area (Å²) in [6.07, 6.45) is 0. The molecule has 0 saturated heterocycles. The first-order valence-electron chi connectivity index (χ1n) is 8.97. The molecule has 2 aromatic rings. The number of aryl methyl sites for hydroxylation is 1. The van der Waals surface area contributed by atoms with E-state index in [1.807, 2.05) is 6.92 Å². The van der Waals surface area contributed by atoms with Gasteiger partial charge in [-0.25, -0.2) is 4.98 Å². The Balaban J connectivity index is 2.02. The Kier molecular flexibility index (Phi) is 7.07. The zero-order valence-corrected chi connectivity index (χ0v) is 17.7. The van der Waals surface area contributed by atoms with E-state index in [1.165, 1.54) is 16.7 Å². The number of nitrogens with zero attached hydrogens (tertiary/aromatic N) is 3. The van der Waals surface area contributed by atoms with Gasteiger partial charge in [-0.1, -0.05) is 31.7 Å². The Morgan fingerprint density at radius 1 is 1.26 bits per heavy atom. The van der Waals surface area contributed by atoms with Crippen LogP contribution in [0, 0.1) is 19.8 Å². The maximum absolute atomic E-state index is 12.4. The minimum atomic E-state index is -0.121. The second kappa shape index (κ2) is 9.08. The number of amides is 2. The number of hydrogen-bond donors (Lipinski definition) is 1. The molecule has 2 amide bonds. The fourth-order valence-corrected chi connectivity index (χ4v) is 3.53. The van der Waals surface area contributed by atoms with E-state index in [9.17, 15) is 9.59 Å². The minimum absolute atomic E-state index is 0.0952. The van der Waals surface area contributed by atoms with Crippen LogP contribution >= 0.6 is 11.8 Å². The lowest BCUT2D eigenvalue weighted by atomic mass is 10.2. The standard InChI is InChI=1S/C20H28N4O2S/c1-13(2)11-24-15(4)14(3)21-20(24)27-12-18(25)22-17-9-7-8-16(10-17)19(26)23(5)6/h7-10,13H,11-12H2,1-6H3,(H,22,25). The van der Waals surface area contributed by atoms with Gasteiger partial charge in [0, 0.05) is 37.6 Å². The largest absolute Gasteiger partial charge is 0.345 e. The summed E-state index contributed by atoms with van der Waals surface area (Å²) in [5, 5.41) is 3.73. The number of imidazole rings is 1. The number of rotatable bonds is 7. The summed E-state index contributed by atoms with van der Waals surface area (Å²) in [7, 11) is 3.40. The van der Waals surface area contributed by atoms with Gasteiger partial charge in [0.25, 0.3) is 5.91 Å². The molecule has 0 atom stereocenters. The summed E-state index contributed by atoms with van der Waals surface area (Å²) < 4.78 is 2.17. The molecule has 0 aliphatic carbocycles. The van der Waals surface area contributed by atoms with Crippen LogP contribution in [0.5, 0.6) is 0 Å². The van der Waals surface area contributed by atoms with Crippen molar-refractivity contribution in [3.63, 3.8) is 0 Å². The third kappa shape index (κ3) is 5.60. The van der Waals surface area contributed by atoms with E-state index in [1.54, 1.807) is 38.4 Å². The van der Waals surface area contributed by atoms with Crippen LogP contribution in [0.15, 0.2) is 29.4 Å². The van der Waals surface area contributed by atoms with Crippen molar-refractivity contribution in [3.8, 4) is 0 Å². The molecule has 7 heteroatoms. The van der Waals surface area contributed by atoms with Gasteiger partial charge < -0.3 is 14.8 Å². The van der Waals surface area contributed by atoms with Gasteiger partial charge in [0.05, 0.1) is 11.4 Å². The normalized spacial score (nSPS) is 10.9. The molecule has 2 rings (SSSR count). The molecule has 0 bridgehead atoms. The van der Waals surface area contributed by atoms with Crippen LogP contribution in [-0.2, 0) is 11.3 Å². The molecule has 6 nitrogen and oxygen atoms in total. The first kappa shape index (κ1) is 21.0. The lowest BCUT2D eigenvalue weighted by Gasteiger charge is -2.13. The molecule has 146 valence electrons. The maximum Gasteiger partial charge on any atom is 0.253 e. The van der Waals surface area contributed by atoms with Crippen LogP contribution in [0.2, 0.25) is 0 Å². The topological polar surface area (TPSA) is 67.2 Å². The van der Waals surface area contributed by atoms with Crippen molar-refractivity contribution in [2.75, 3.05) is 25.2 Å². The Morgan fingerprint density at radius 3 is 2.59 bits per heavy atom. The van der Waals surface area contributed by atoms with Crippen molar-refractivity contribution in [1.29, 1.82) is 0 Å². The van der Waals surface area contributed by atoms with E-state index >= 15 is 0 Å². The van der Waals surface area contributed by atoms with Gasteiger partial charge in [0.2, 0.25) is 5.91 Å². The average molecular weight is 389 g/mol. The minimum Gasteiger partial charge on any atom is -0.345 e. The van der Waals surface area contributed by atoms with E-state index in [2.05, 4.69) is 35.6 Å². The molecule has 0 spiro atoms. The third-order valence-corrected chi connectivity index (χ3v) is 5.08. The van der Waals surface area contributed by atoms with Gasteiger partial charge in [-0.15, -0.1) is 0 Å². The molecule has 1 N–H and O–H groups in total. The average Bonchev–Trinajstić information content (AvgIpc) is 2.86. The predicted molar refractivity (Wildman–Crippen MR) is 110 cm³/mol. The van der Waals surface area contributed by atoms with Gasteiger partial charge in [-0.3, -0.25) is 9.59 Å². The summed E-state index contributed by atoms with van der Waals surface area (Å²) >= 11 is 1.43. The smallest absolute Gasteiger partial charge is 0.253 e. The van der Waals surface area contributed by atoms with Crippen molar-refractivity contribution < 1.29 is 9.59 Å². The van der Waals surface area contributed by atoms with E-state index in [0.717, 1.165) is 23.1 Å². The van der Waals surface area contributed by atoms with E-state index in [-0.39, 0.29) is 17.6 Å². The van der Waals surface area contributed by atoms with Gasteiger partial charge in [0.1, 0.15) is 0 Å². The molecule has 0 aliphatic rings. The lowest BCUT2D eigenvalue weighted by Crippen LogP contribution is -2.22.